The number of rotatable bonds is 6. The van der Waals surface area contributed by atoms with Gasteiger partial charge in [-0.05, 0) is 49.7 Å². The standard InChI is InChI=1S/C23H27N3O4/c1-5-12-26-19-13-17(8-11-20(19)30-15-23(2,3)21(26)27)25-22(28)24-14-16-6-9-18(29-4)10-7-16/h5-11,13H,1,12,14-15H2,2-4H3,(H2,24,25,28). The lowest BCUT2D eigenvalue weighted by molar-refractivity contribution is -0.127. The van der Waals surface area contributed by atoms with E-state index < -0.39 is 5.41 Å². The summed E-state index contributed by atoms with van der Waals surface area (Å²) >= 11 is 0. The summed E-state index contributed by atoms with van der Waals surface area (Å²) in [6.45, 7) is 8.46. The molecule has 0 aliphatic carbocycles. The first-order valence-electron chi connectivity index (χ1n) is 9.71. The van der Waals surface area contributed by atoms with Crippen LogP contribution in [-0.2, 0) is 11.3 Å². The Bertz CT molecular complexity index is 938. The number of nitrogens with one attached hydrogen (secondary N) is 2. The second-order valence-corrected chi connectivity index (χ2v) is 7.72. The number of carbonyl (C=O) groups excluding carboxylic acids is 2. The topological polar surface area (TPSA) is 79.9 Å². The lowest BCUT2D eigenvalue weighted by Crippen LogP contribution is -2.42. The van der Waals surface area contributed by atoms with E-state index in [0.29, 0.717) is 30.2 Å². The Morgan fingerprint density at radius 2 is 2.00 bits per heavy atom. The van der Waals surface area contributed by atoms with E-state index in [1.807, 2.05) is 38.1 Å². The third-order valence-corrected chi connectivity index (χ3v) is 4.84. The largest absolute Gasteiger partial charge is 0.497 e. The molecule has 2 N–H and O–H groups in total. The summed E-state index contributed by atoms with van der Waals surface area (Å²) in [5.41, 5.74) is 1.46. The molecule has 158 valence electrons. The maximum atomic E-state index is 12.9. The highest BCUT2D eigenvalue weighted by atomic mass is 16.5. The smallest absolute Gasteiger partial charge is 0.319 e. The van der Waals surface area contributed by atoms with Gasteiger partial charge in [0.15, 0.2) is 0 Å². The second kappa shape index (κ2) is 8.90. The van der Waals surface area contributed by atoms with Crippen molar-refractivity contribution < 1.29 is 19.1 Å². The molecule has 0 bridgehead atoms. The number of amides is 3. The fourth-order valence-corrected chi connectivity index (χ4v) is 3.13. The Hall–Kier alpha value is -3.48. The zero-order valence-corrected chi connectivity index (χ0v) is 17.5. The van der Waals surface area contributed by atoms with Crippen molar-refractivity contribution in [3.8, 4) is 11.5 Å². The van der Waals surface area contributed by atoms with E-state index in [-0.39, 0.29) is 18.5 Å². The van der Waals surface area contributed by atoms with Crippen LogP contribution in [0.4, 0.5) is 16.2 Å². The van der Waals surface area contributed by atoms with Crippen LogP contribution in [0.25, 0.3) is 0 Å². The summed E-state index contributed by atoms with van der Waals surface area (Å²) in [6.07, 6.45) is 1.67. The Kier molecular flexibility index (Phi) is 6.30. The molecule has 0 spiro atoms. The molecule has 2 aromatic rings. The molecule has 2 aromatic carbocycles. The van der Waals surface area contributed by atoms with Gasteiger partial charge in [0.1, 0.15) is 18.1 Å². The van der Waals surface area contributed by atoms with Crippen molar-refractivity contribution in [3.63, 3.8) is 0 Å². The van der Waals surface area contributed by atoms with Gasteiger partial charge < -0.3 is 25.0 Å². The van der Waals surface area contributed by atoms with E-state index in [1.54, 1.807) is 36.3 Å². The summed E-state index contributed by atoms with van der Waals surface area (Å²) in [6, 6.07) is 12.4. The average Bonchev–Trinajstić information content (AvgIpc) is 2.83. The van der Waals surface area contributed by atoms with Crippen LogP contribution in [0.1, 0.15) is 19.4 Å². The van der Waals surface area contributed by atoms with Gasteiger partial charge in [-0.25, -0.2) is 4.79 Å². The highest BCUT2D eigenvalue weighted by Crippen LogP contribution is 2.38. The van der Waals surface area contributed by atoms with Gasteiger partial charge in [0.25, 0.3) is 0 Å². The zero-order chi connectivity index (χ0) is 21.7. The lowest BCUT2D eigenvalue weighted by atomic mass is 9.93. The van der Waals surface area contributed by atoms with Gasteiger partial charge in [-0.2, -0.15) is 0 Å². The predicted molar refractivity (Wildman–Crippen MR) is 117 cm³/mol. The van der Waals surface area contributed by atoms with Crippen LogP contribution in [0.15, 0.2) is 55.1 Å². The monoisotopic (exact) mass is 409 g/mol. The number of anilines is 2. The molecule has 0 unspecified atom stereocenters. The van der Waals surface area contributed by atoms with Gasteiger partial charge in [0.05, 0.1) is 18.2 Å². The van der Waals surface area contributed by atoms with Crippen LogP contribution >= 0.6 is 0 Å². The van der Waals surface area contributed by atoms with Gasteiger partial charge in [0.2, 0.25) is 5.91 Å². The number of benzene rings is 2. The minimum atomic E-state index is -0.661. The summed E-state index contributed by atoms with van der Waals surface area (Å²) in [5, 5.41) is 5.63. The number of fused-ring (bicyclic) bond motifs is 1. The maximum Gasteiger partial charge on any atom is 0.319 e. The molecule has 7 nitrogen and oxygen atoms in total. The predicted octanol–water partition coefficient (Wildman–Crippen LogP) is 3.95. The highest BCUT2D eigenvalue weighted by molar-refractivity contribution is 6.00. The third kappa shape index (κ3) is 4.74. The molecule has 0 aromatic heterocycles. The molecule has 0 fully saturated rings. The Labute approximate surface area is 176 Å². The second-order valence-electron chi connectivity index (χ2n) is 7.72. The van der Waals surface area contributed by atoms with E-state index in [1.165, 1.54) is 0 Å². The van der Waals surface area contributed by atoms with Crippen LogP contribution in [-0.4, -0.2) is 32.2 Å². The van der Waals surface area contributed by atoms with Crippen molar-refractivity contribution in [2.45, 2.75) is 20.4 Å². The fraction of sp³-hybridized carbons (Fsp3) is 0.304. The number of urea groups is 1. The number of ether oxygens (including phenoxy) is 2. The first kappa shape index (κ1) is 21.2. The molecule has 3 rings (SSSR count). The minimum absolute atomic E-state index is 0.0535. The van der Waals surface area contributed by atoms with Crippen molar-refractivity contribution in [1.82, 2.24) is 5.32 Å². The van der Waals surface area contributed by atoms with Gasteiger partial charge in [-0.1, -0.05) is 18.2 Å². The highest BCUT2D eigenvalue weighted by Gasteiger charge is 2.37. The molecule has 7 heteroatoms. The molecular formula is C23H27N3O4. The Morgan fingerprint density at radius 1 is 1.27 bits per heavy atom. The van der Waals surface area contributed by atoms with Crippen molar-refractivity contribution in [3.05, 3.63) is 60.7 Å². The van der Waals surface area contributed by atoms with E-state index in [4.69, 9.17) is 9.47 Å². The van der Waals surface area contributed by atoms with Gasteiger partial charge in [-0.15, -0.1) is 6.58 Å². The van der Waals surface area contributed by atoms with E-state index >= 15 is 0 Å². The molecule has 1 aliphatic rings. The van der Waals surface area contributed by atoms with E-state index in [2.05, 4.69) is 17.2 Å². The number of hydrogen-bond donors (Lipinski definition) is 2. The third-order valence-electron chi connectivity index (χ3n) is 4.84. The summed E-state index contributed by atoms with van der Waals surface area (Å²) in [5.74, 6) is 1.31. The summed E-state index contributed by atoms with van der Waals surface area (Å²) in [4.78, 5) is 26.9. The molecule has 3 amide bonds. The lowest BCUT2D eigenvalue weighted by Gasteiger charge is -2.27. The van der Waals surface area contributed by atoms with Crippen molar-refractivity contribution >= 4 is 23.3 Å². The van der Waals surface area contributed by atoms with Crippen LogP contribution in [0.2, 0.25) is 0 Å². The number of hydrogen-bond acceptors (Lipinski definition) is 4. The molecule has 0 atom stereocenters. The van der Waals surface area contributed by atoms with Crippen LogP contribution in [0, 0.1) is 5.41 Å². The molecule has 0 saturated carbocycles. The van der Waals surface area contributed by atoms with E-state index in [9.17, 15) is 9.59 Å². The normalized spacial score (nSPS) is 14.8. The Morgan fingerprint density at radius 3 is 2.67 bits per heavy atom. The molecule has 0 saturated heterocycles. The van der Waals surface area contributed by atoms with Gasteiger partial charge in [0, 0.05) is 18.8 Å². The SMILES string of the molecule is C=CCN1C(=O)C(C)(C)COc2ccc(NC(=O)NCc3ccc(OC)cc3)cc21. The fourth-order valence-electron chi connectivity index (χ4n) is 3.13. The van der Waals surface area contributed by atoms with Gasteiger partial charge >= 0.3 is 6.03 Å². The van der Waals surface area contributed by atoms with Crippen molar-refractivity contribution in [2.24, 2.45) is 5.41 Å². The van der Waals surface area contributed by atoms with Crippen molar-refractivity contribution in [2.75, 3.05) is 30.5 Å². The summed E-state index contributed by atoms with van der Waals surface area (Å²) < 4.78 is 11.0. The summed E-state index contributed by atoms with van der Waals surface area (Å²) in [7, 11) is 1.61. The average molecular weight is 409 g/mol. The number of carbonyl (C=O) groups is 2. The molecular weight excluding hydrogens is 382 g/mol. The van der Waals surface area contributed by atoms with Crippen LogP contribution in [0.3, 0.4) is 0 Å². The minimum Gasteiger partial charge on any atom is -0.497 e. The first-order chi connectivity index (χ1) is 14.3. The zero-order valence-electron chi connectivity index (χ0n) is 17.5. The molecule has 30 heavy (non-hydrogen) atoms. The van der Waals surface area contributed by atoms with Gasteiger partial charge in [-0.3, -0.25) is 4.79 Å². The van der Waals surface area contributed by atoms with Crippen LogP contribution < -0.4 is 25.0 Å². The Balaban J connectivity index is 1.71. The molecule has 0 radical (unpaired) electrons. The van der Waals surface area contributed by atoms with E-state index in [0.717, 1.165) is 11.3 Å². The maximum absolute atomic E-state index is 12.9. The van der Waals surface area contributed by atoms with Crippen LogP contribution in [0.5, 0.6) is 11.5 Å². The molecule has 1 aliphatic heterocycles. The molecule has 1 heterocycles. The number of nitrogens with zero attached hydrogens (tertiary/aromatic N) is 1. The van der Waals surface area contributed by atoms with Crippen molar-refractivity contribution in [1.29, 1.82) is 0 Å². The number of methoxy groups -OCH3 is 1. The first-order valence-corrected chi connectivity index (χ1v) is 9.71. The quantitative estimate of drug-likeness (QED) is 0.708.